The van der Waals surface area contributed by atoms with Crippen molar-refractivity contribution in [3.8, 4) is 5.75 Å². The third-order valence-corrected chi connectivity index (χ3v) is 2.13. The number of hydrogen-bond donors (Lipinski definition) is 1. The molecule has 0 aliphatic rings. The summed E-state index contributed by atoms with van der Waals surface area (Å²) in [5, 5.41) is 0. The highest BCUT2D eigenvalue weighted by Crippen LogP contribution is 2.12. The first kappa shape index (κ1) is 11.7. The van der Waals surface area contributed by atoms with E-state index in [1.807, 2.05) is 0 Å². The van der Waals surface area contributed by atoms with Gasteiger partial charge in [0.25, 0.3) is 0 Å². The summed E-state index contributed by atoms with van der Waals surface area (Å²) in [7, 11) is 1.56. The molecule has 2 N–H and O–H groups in total. The minimum atomic E-state index is 0.0925. The molecule has 0 spiro atoms. The van der Waals surface area contributed by atoms with Crippen molar-refractivity contribution in [2.45, 2.75) is 19.3 Å². The largest absolute Gasteiger partial charge is 0.495 e. The van der Waals surface area contributed by atoms with Crippen LogP contribution in [0.1, 0.15) is 29.6 Å². The number of rotatable bonds is 6. The van der Waals surface area contributed by atoms with Crippen molar-refractivity contribution in [3.63, 3.8) is 0 Å². The number of nitrogens with zero attached hydrogens (tertiary/aromatic N) is 1. The molecule has 0 radical (unpaired) electrons. The molecule has 0 amide bonds. The van der Waals surface area contributed by atoms with Crippen LogP contribution < -0.4 is 10.5 Å². The molecule has 1 heterocycles. The van der Waals surface area contributed by atoms with E-state index in [1.165, 1.54) is 0 Å². The van der Waals surface area contributed by atoms with Crippen molar-refractivity contribution < 1.29 is 9.53 Å². The molecule has 1 aromatic heterocycles. The van der Waals surface area contributed by atoms with Crippen LogP contribution in [-0.4, -0.2) is 24.4 Å². The molecule has 0 saturated carbocycles. The van der Waals surface area contributed by atoms with Crippen LogP contribution in [0.25, 0.3) is 0 Å². The molecule has 4 heteroatoms. The van der Waals surface area contributed by atoms with Crippen molar-refractivity contribution in [1.82, 2.24) is 4.98 Å². The number of methoxy groups -OCH3 is 1. The molecular formula is C11H16N2O2. The van der Waals surface area contributed by atoms with Crippen molar-refractivity contribution in [1.29, 1.82) is 0 Å². The lowest BCUT2D eigenvalue weighted by molar-refractivity contribution is 0.0979. The standard InChI is InChI=1S/C11H16N2O2/c1-15-10-6-9(7-13-8-10)11(14)4-2-3-5-12/h6-8H,2-5,12H2,1H3. The Morgan fingerprint density at radius 2 is 2.27 bits per heavy atom. The van der Waals surface area contributed by atoms with Crippen LogP contribution in [-0.2, 0) is 0 Å². The lowest BCUT2D eigenvalue weighted by Crippen LogP contribution is -2.03. The van der Waals surface area contributed by atoms with Gasteiger partial charge in [0.2, 0.25) is 0 Å². The highest BCUT2D eigenvalue weighted by molar-refractivity contribution is 5.96. The molecule has 4 nitrogen and oxygen atoms in total. The molecule has 82 valence electrons. The normalized spacial score (nSPS) is 10.0. The second kappa shape index (κ2) is 6.14. The third kappa shape index (κ3) is 3.67. The molecule has 15 heavy (non-hydrogen) atoms. The SMILES string of the molecule is COc1cncc(C(=O)CCCCN)c1. The maximum atomic E-state index is 11.7. The van der Waals surface area contributed by atoms with E-state index in [1.54, 1.807) is 25.6 Å². The summed E-state index contributed by atoms with van der Waals surface area (Å²) in [5.41, 5.74) is 5.96. The van der Waals surface area contributed by atoms with Gasteiger partial charge in [-0.1, -0.05) is 0 Å². The molecular weight excluding hydrogens is 192 g/mol. The summed E-state index contributed by atoms with van der Waals surface area (Å²) in [6.07, 6.45) is 5.37. The summed E-state index contributed by atoms with van der Waals surface area (Å²) >= 11 is 0. The van der Waals surface area contributed by atoms with Gasteiger partial charge in [-0.15, -0.1) is 0 Å². The van der Waals surface area contributed by atoms with Crippen molar-refractivity contribution in [2.24, 2.45) is 5.73 Å². The fourth-order valence-electron chi connectivity index (χ4n) is 1.26. The zero-order valence-electron chi connectivity index (χ0n) is 8.90. The number of carbonyl (C=O) groups excluding carboxylic acids is 1. The van der Waals surface area contributed by atoms with Crippen LogP contribution in [0.5, 0.6) is 5.75 Å². The van der Waals surface area contributed by atoms with Gasteiger partial charge in [-0.2, -0.15) is 0 Å². The summed E-state index contributed by atoms with van der Waals surface area (Å²) in [5.74, 6) is 0.703. The lowest BCUT2D eigenvalue weighted by atomic mass is 10.1. The number of carbonyl (C=O) groups is 1. The maximum Gasteiger partial charge on any atom is 0.164 e. The Hall–Kier alpha value is -1.42. The average molecular weight is 208 g/mol. The highest BCUT2D eigenvalue weighted by Gasteiger charge is 2.06. The second-order valence-electron chi connectivity index (χ2n) is 3.28. The second-order valence-corrected chi connectivity index (χ2v) is 3.28. The summed E-state index contributed by atoms with van der Waals surface area (Å²) < 4.78 is 5.00. The molecule has 1 aromatic rings. The van der Waals surface area contributed by atoms with E-state index in [2.05, 4.69) is 4.98 Å². The van der Waals surface area contributed by atoms with Gasteiger partial charge in [-0.05, 0) is 25.5 Å². The molecule has 0 aliphatic heterocycles. The Kier molecular flexibility index (Phi) is 4.77. The molecule has 0 aliphatic carbocycles. The van der Waals surface area contributed by atoms with Gasteiger partial charge >= 0.3 is 0 Å². The van der Waals surface area contributed by atoms with Crippen molar-refractivity contribution in [2.75, 3.05) is 13.7 Å². The first-order chi connectivity index (χ1) is 7.27. The Labute approximate surface area is 89.5 Å². The van der Waals surface area contributed by atoms with Gasteiger partial charge in [-0.3, -0.25) is 9.78 Å². The highest BCUT2D eigenvalue weighted by atomic mass is 16.5. The zero-order valence-corrected chi connectivity index (χ0v) is 8.90. The van der Waals surface area contributed by atoms with Crippen LogP contribution in [0.4, 0.5) is 0 Å². The number of Topliss-reactive ketones (excluding diaryl/α,β-unsaturated/α-hetero) is 1. The molecule has 0 bridgehead atoms. The third-order valence-electron chi connectivity index (χ3n) is 2.13. The van der Waals surface area contributed by atoms with Crippen LogP contribution in [0.3, 0.4) is 0 Å². The number of aromatic nitrogens is 1. The summed E-state index contributed by atoms with van der Waals surface area (Å²) in [6.45, 7) is 0.629. The van der Waals surface area contributed by atoms with Gasteiger partial charge in [0, 0.05) is 18.2 Å². The van der Waals surface area contributed by atoms with E-state index in [-0.39, 0.29) is 5.78 Å². The van der Waals surface area contributed by atoms with E-state index in [0.717, 1.165) is 12.8 Å². The van der Waals surface area contributed by atoms with Gasteiger partial charge in [0.1, 0.15) is 5.75 Å². The Balaban J connectivity index is 2.57. The molecule has 0 atom stereocenters. The van der Waals surface area contributed by atoms with Gasteiger partial charge in [0.05, 0.1) is 13.3 Å². The molecule has 1 rings (SSSR count). The Morgan fingerprint density at radius 1 is 1.47 bits per heavy atom. The first-order valence-electron chi connectivity index (χ1n) is 5.00. The lowest BCUT2D eigenvalue weighted by Gasteiger charge is -2.02. The predicted octanol–water partition coefficient (Wildman–Crippen LogP) is 1.40. The monoisotopic (exact) mass is 208 g/mol. The van der Waals surface area contributed by atoms with Crippen LogP contribution in [0, 0.1) is 0 Å². The van der Waals surface area contributed by atoms with E-state index < -0.39 is 0 Å². The quantitative estimate of drug-likeness (QED) is 0.567. The zero-order chi connectivity index (χ0) is 11.1. The van der Waals surface area contributed by atoms with E-state index in [0.29, 0.717) is 24.3 Å². The van der Waals surface area contributed by atoms with Gasteiger partial charge in [0.15, 0.2) is 5.78 Å². The van der Waals surface area contributed by atoms with Crippen LogP contribution in [0.2, 0.25) is 0 Å². The van der Waals surface area contributed by atoms with Crippen molar-refractivity contribution in [3.05, 3.63) is 24.0 Å². The number of hydrogen-bond acceptors (Lipinski definition) is 4. The van der Waals surface area contributed by atoms with E-state index >= 15 is 0 Å². The minimum absolute atomic E-state index is 0.0925. The van der Waals surface area contributed by atoms with Crippen molar-refractivity contribution >= 4 is 5.78 Å². The van der Waals surface area contributed by atoms with Gasteiger partial charge < -0.3 is 10.5 Å². The van der Waals surface area contributed by atoms with Crippen LogP contribution >= 0.6 is 0 Å². The minimum Gasteiger partial charge on any atom is -0.495 e. The molecule has 0 saturated heterocycles. The molecule has 0 fully saturated rings. The fraction of sp³-hybridized carbons (Fsp3) is 0.455. The summed E-state index contributed by atoms with van der Waals surface area (Å²) in [4.78, 5) is 15.6. The topological polar surface area (TPSA) is 65.2 Å². The first-order valence-corrected chi connectivity index (χ1v) is 5.00. The maximum absolute atomic E-state index is 11.7. The van der Waals surface area contributed by atoms with Gasteiger partial charge in [-0.25, -0.2) is 0 Å². The molecule has 0 aromatic carbocycles. The summed E-state index contributed by atoms with van der Waals surface area (Å²) in [6, 6.07) is 1.71. The number of ether oxygens (including phenoxy) is 1. The number of unbranched alkanes of at least 4 members (excludes halogenated alkanes) is 1. The molecule has 0 unspecified atom stereocenters. The number of ketones is 1. The number of pyridine rings is 1. The smallest absolute Gasteiger partial charge is 0.164 e. The number of nitrogens with two attached hydrogens (primary N) is 1. The van der Waals surface area contributed by atoms with E-state index in [9.17, 15) is 4.79 Å². The van der Waals surface area contributed by atoms with Crippen LogP contribution in [0.15, 0.2) is 18.5 Å². The Morgan fingerprint density at radius 3 is 2.93 bits per heavy atom. The Bertz CT molecular complexity index is 326. The average Bonchev–Trinajstić information content (AvgIpc) is 2.29. The predicted molar refractivity (Wildman–Crippen MR) is 58.0 cm³/mol. The fourth-order valence-corrected chi connectivity index (χ4v) is 1.26. The van der Waals surface area contributed by atoms with E-state index in [4.69, 9.17) is 10.5 Å².